The molecule has 11 nitrogen and oxygen atoms in total. The van der Waals surface area contributed by atoms with Gasteiger partial charge in [0, 0.05) is 39.3 Å². The van der Waals surface area contributed by atoms with Crippen LogP contribution in [0, 0.1) is 0 Å². The predicted octanol–water partition coefficient (Wildman–Crippen LogP) is 3.96. The quantitative estimate of drug-likeness (QED) is 0.330. The maximum atomic E-state index is 12.4. The molecule has 0 unspecified atom stereocenters. The van der Waals surface area contributed by atoms with Gasteiger partial charge in [-0.1, -0.05) is 24.3 Å². The van der Waals surface area contributed by atoms with Crippen molar-refractivity contribution in [1.82, 2.24) is 15.1 Å². The number of carbonyl (C=O) groups is 4. The molecule has 0 spiro atoms. The number of benzene rings is 2. The van der Waals surface area contributed by atoms with Crippen molar-refractivity contribution in [2.75, 3.05) is 53.5 Å². The molecule has 0 saturated carbocycles. The van der Waals surface area contributed by atoms with Gasteiger partial charge >= 0.3 is 12.2 Å². The third kappa shape index (κ3) is 8.43. The van der Waals surface area contributed by atoms with Gasteiger partial charge in [0.05, 0.1) is 20.6 Å². The van der Waals surface area contributed by atoms with Gasteiger partial charge in [0.25, 0.3) is 0 Å². The summed E-state index contributed by atoms with van der Waals surface area (Å²) in [6.45, 7) is 3.90. The minimum atomic E-state index is -0.449. The number of piperazine rings is 1. The molecule has 4 rings (SSSR count). The summed E-state index contributed by atoms with van der Waals surface area (Å²) in [5.41, 5.74) is 1.29. The van der Waals surface area contributed by atoms with Crippen LogP contribution in [-0.4, -0.2) is 87.0 Å². The third-order valence-corrected chi connectivity index (χ3v) is 6.78. The van der Waals surface area contributed by atoms with E-state index in [0.717, 1.165) is 12.8 Å². The van der Waals surface area contributed by atoms with Crippen molar-refractivity contribution in [1.29, 1.82) is 0 Å². The Morgan fingerprint density at radius 2 is 1.14 bits per heavy atom. The molecule has 42 heavy (non-hydrogen) atoms. The number of ether oxygens (including phenoxy) is 4. The summed E-state index contributed by atoms with van der Waals surface area (Å²) in [4.78, 5) is 52.8. The molecule has 2 saturated heterocycles. The van der Waals surface area contributed by atoms with Crippen LogP contribution in [0.2, 0.25) is 0 Å². The number of nitrogens with one attached hydrogen (secondary N) is 1. The molecule has 2 amide bonds. The summed E-state index contributed by atoms with van der Waals surface area (Å²) in [6, 6.07) is 9.88. The predicted molar refractivity (Wildman–Crippen MR) is 156 cm³/mol. The number of likely N-dealkylation sites (tertiary alicyclic amines) is 1. The fourth-order valence-corrected chi connectivity index (χ4v) is 4.48. The number of rotatable bonds is 10. The van der Waals surface area contributed by atoms with Gasteiger partial charge in [-0.3, -0.25) is 9.59 Å². The number of amides is 2. The molecule has 2 aliphatic rings. The van der Waals surface area contributed by atoms with Crippen LogP contribution in [0.5, 0.6) is 23.0 Å². The van der Waals surface area contributed by atoms with Crippen molar-refractivity contribution in [3.63, 3.8) is 0 Å². The molecule has 2 aliphatic heterocycles. The van der Waals surface area contributed by atoms with Gasteiger partial charge in [-0.25, -0.2) is 9.59 Å². The first-order valence-electron chi connectivity index (χ1n) is 13.8. The Morgan fingerprint density at radius 1 is 0.690 bits per heavy atom. The van der Waals surface area contributed by atoms with E-state index in [0.29, 0.717) is 67.6 Å². The minimum absolute atomic E-state index is 0.277. The number of hydrogen-bond donors (Lipinski definition) is 1. The Kier molecular flexibility index (Phi) is 10.7. The van der Waals surface area contributed by atoms with Gasteiger partial charge in [-0.2, -0.15) is 0 Å². The normalized spacial score (nSPS) is 15.2. The molecule has 0 bridgehead atoms. The highest BCUT2D eigenvalue weighted by Crippen LogP contribution is 2.30. The number of methoxy groups -OCH3 is 2. The summed E-state index contributed by atoms with van der Waals surface area (Å²) >= 11 is 0. The molecule has 0 radical (unpaired) electrons. The Bertz CT molecular complexity index is 1360. The second-order valence-electron chi connectivity index (χ2n) is 9.76. The van der Waals surface area contributed by atoms with Gasteiger partial charge in [-0.15, -0.1) is 0 Å². The van der Waals surface area contributed by atoms with E-state index in [-0.39, 0.29) is 23.7 Å². The van der Waals surface area contributed by atoms with Crippen LogP contribution in [0.25, 0.3) is 12.2 Å². The van der Waals surface area contributed by atoms with Crippen molar-refractivity contribution in [2.45, 2.75) is 19.3 Å². The molecule has 1 N–H and O–H groups in total. The molecule has 0 atom stereocenters. The maximum Gasteiger partial charge on any atom is 0.415 e. The van der Waals surface area contributed by atoms with E-state index in [1.807, 2.05) is 0 Å². The molecule has 0 aliphatic carbocycles. The number of carbonyl (C=O) groups excluding carboxylic acids is 4. The van der Waals surface area contributed by atoms with Gasteiger partial charge in [0.1, 0.15) is 0 Å². The van der Waals surface area contributed by atoms with Crippen LogP contribution in [-0.2, 0) is 9.59 Å². The summed E-state index contributed by atoms with van der Waals surface area (Å²) in [6.07, 6.45) is 6.51. The minimum Gasteiger partial charge on any atom is -0.493 e. The first-order valence-corrected chi connectivity index (χ1v) is 13.8. The summed E-state index contributed by atoms with van der Waals surface area (Å²) in [5, 5.41) is 3.18. The first kappa shape index (κ1) is 30.3. The molecule has 222 valence electrons. The fourth-order valence-electron chi connectivity index (χ4n) is 4.48. The number of ketones is 2. The SMILES string of the molecule is COc1cc(C=CC(=O)CC(=O)C=Cc2ccc(OC(=O)N3CCNCC3)c(OC)c2)ccc1OC(=O)N1CCCC1. The molecule has 2 aromatic rings. The Hall–Kier alpha value is -4.64. The van der Waals surface area contributed by atoms with Gasteiger partial charge in [0.2, 0.25) is 0 Å². The van der Waals surface area contributed by atoms with Crippen molar-refractivity contribution in [3.05, 3.63) is 59.7 Å². The number of allylic oxidation sites excluding steroid dienone is 2. The summed E-state index contributed by atoms with van der Waals surface area (Å²) in [5.74, 6) is 0.524. The highest BCUT2D eigenvalue weighted by atomic mass is 16.6. The van der Waals surface area contributed by atoms with Crippen LogP contribution < -0.4 is 24.3 Å². The number of nitrogens with zero attached hydrogens (tertiary/aromatic N) is 2. The van der Waals surface area contributed by atoms with Gasteiger partial charge < -0.3 is 34.1 Å². The third-order valence-electron chi connectivity index (χ3n) is 6.78. The van der Waals surface area contributed by atoms with Crippen LogP contribution in [0.4, 0.5) is 9.59 Å². The Balaban J connectivity index is 1.30. The zero-order chi connectivity index (χ0) is 29.9. The molecular formula is C31H35N3O8. The van der Waals surface area contributed by atoms with Crippen molar-refractivity contribution >= 4 is 35.9 Å². The van der Waals surface area contributed by atoms with Gasteiger partial charge in [-0.05, 0) is 60.4 Å². The monoisotopic (exact) mass is 577 g/mol. The topological polar surface area (TPSA) is 124 Å². The van der Waals surface area contributed by atoms with Crippen LogP contribution in [0.3, 0.4) is 0 Å². The van der Waals surface area contributed by atoms with E-state index >= 15 is 0 Å². The lowest BCUT2D eigenvalue weighted by atomic mass is 10.1. The largest absolute Gasteiger partial charge is 0.493 e. The van der Waals surface area contributed by atoms with E-state index < -0.39 is 12.2 Å². The van der Waals surface area contributed by atoms with E-state index in [9.17, 15) is 19.2 Å². The van der Waals surface area contributed by atoms with Crippen LogP contribution in [0.1, 0.15) is 30.4 Å². The lowest BCUT2D eigenvalue weighted by molar-refractivity contribution is -0.121. The highest BCUT2D eigenvalue weighted by Gasteiger charge is 2.22. The van der Waals surface area contributed by atoms with Gasteiger partial charge in [0.15, 0.2) is 34.6 Å². The second-order valence-corrected chi connectivity index (χ2v) is 9.76. The standard InChI is InChI=1S/C31H35N3O8/c1-39-28-19-22(7-11-26(28)41-30(37)33-15-3-4-16-33)5-9-24(35)21-25(36)10-6-23-8-12-27(29(20-23)40-2)42-31(38)34-17-13-32-14-18-34/h5-12,19-20,32H,3-4,13-18,21H2,1-2H3. The number of hydrogen-bond acceptors (Lipinski definition) is 9. The lowest BCUT2D eigenvalue weighted by Gasteiger charge is -2.26. The first-order chi connectivity index (χ1) is 20.4. The molecule has 2 aromatic carbocycles. The molecule has 2 heterocycles. The molecule has 2 fully saturated rings. The lowest BCUT2D eigenvalue weighted by Crippen LogP contribution is -2.47. The van der Waals surface area contributed by atoms with E-state index in [1.165, 1.54) is 26.4 Å². The van der Waals surface area contributed by atoms with E-state index in [1.54, 1.807) is 58.4 Å². The molecule has 0 aromatic heterocycles. The smallest absolute Gasteiger partial charge is 0.415 e. The zero-order valence-electron chi connectivity index (χ0n) is 23.8. The average molecular weight is 578 g/mol. The second kappa shape index (κ2) is 14.8. The highest BCUT2D eigenvalue weighted by molar-refractivity contribution is 6.10. The van der Waals surface area contributed by atoms with Crippen molar-refractivity contribution in [2.24, 2.45) is 0 Å². The summed E-state index contributed by atoms with van der Waals surface area (Å²) < 4.78 is 21.7. The fraction of sp³-hybridized carbons (Fsp3) is 0.355. The summed E-state index contributed by atoms with van der Waals surface area (Å²) in [7, 11) is 2.93. The van der Waals surface area contributed by atoms with E-state index in [4.69, 9.17) is 18.9 Å². The molecule has 11 heteroatoms. The van der Waals surface area contributed by atoms with Crippen LogP contribution >= 0.6 is 0 Å². The molecular weight excluding hydrogens is 542 g/mol. The van der Waals surface area contributed by atoms with Crippen molar-refractivity contribution in [3.8, 4) is 23.0 Å². The van der Waals surface area contributed by atoms with Crippen LogP contribution in [0.15, 0.2) is 48.6 Å². The van der Waals surface area contributed by atoms with E-state index in [2.05, 4.69) is 5.32 Å². The maximum absolute atomic E-state index is 12.4. The average Bonchev–Trinajstić information content (AvgIpc) is 3.56. The Morgan fingerprint density at radius 3 is 1.60 bits per heavy atom. The van der Waals surface area contributed by atoms with Crippen molar-refractivity contribution < 1.29 is 38.1 Å². The Labute approximate surface area is 244 Å². The zero-order valence-corrected chi connectivity index (χ0v) is 23.8.